The minimum atomic E-state index is -0.372. The molecule has 0 bridgehead atoms. The Morgan fingerprint density at radius 2 is 2.21 bits per heavy atom. The Bertz CT molecular complexity index is 467. The molecule has 0 N–H and O–H groups in total. The number of aromatic nitrogens is 3. The van der Waals surface area contributed by atoms with Gasteiger partial charge in [-0.25, -0.2) is 14.1 Å². The quantitative estimate of drug-likeness (QED) is 0.783. The molecule has 0 aliphatic carbocycles. The first kappa shape index (κ1) is 9.33. The Hall–Kier alpha value is -1.23. The number of benzene rings is 1. The van der Waals surface area contributed by atoms with Crippen LogP contribution in [0.2, 0.25) is 0 Å². The molecule has 1 aromatic carbocycles. The number of halogens is 2. The van der Waals surface area contributed by atoms with Gasteiger partial charge in [-0.1, -0.05) is 6.07 Å². The maximum Gasteiger partial charge on any atom is 0.163 e. The van der Waals surface area contributed by atoms with Gasteiger partial charge in [0.05, 0.1) is 4.47 Å². The van der Waals surface area contributed by atoms with Crippen molar-refractivity contribution in [2.24, 2.45) is 0 Å². The van der Waals surface area contributed by atoms with Crippen LogP contribution < -0.4 is 0 Å². The zero-order valence-electron chi connectivity index (χ0n) is 7.11. The number of hydrogen-bond donors (Lipinski definition) is 0. The summed E-state index contributed by atoms with van der Waals surface area (Å²) in [6, 6.07) is 4.96. The van der Waals surface area contributed by atoms with Crippen LogP contribution in [0.3, 0.4) is 0 Å². The van der Waals surface area contributed by atoms with Gasteiger partial charge >= 0.3 is 0 Å². The van der Waals surface area contributed by atoms with E-state index in [4.69, 9.17) is 0 Å². The minimum Gasteiger partial charge on any atom is -0.220 e. The van der Waals surface area contributed by atoms with Gasteiger partial charge in [-0.15, -0.1) is 0 Å². The van der Waals surface area contributed by atoms with Gasteiger partial charge in [-0.2, -0.15) is 5.10 Å². The SMILES string of the molecule is [CH2]c1ncnn1-c1cccc(Br)c1F. The molecule has 1 heterocycles. The third-order valence-electron chi connectivity index (χ3n) is 1.78. The van der Waals surface area contributed by atoms with Crippen LogP contribution in [0, 0.1) is 12.7 Å². The smallest absolute Gasteiger partial charge is 0.163 e. The fourth-order valence-corrected chi connectivity index (χ4v) is 1.48. The molecule has 0 amide bonds. The average molecular weight is 255 g/mol. The first-order valence-corrected chi connectivity index (χ1v) is 4.66. The van der Waals surface area contributed by atoms with Crippen molar-refractivity contribution >= 4 is 15.9 Å². The predicted molar refractivity (Wildman–Crippen MR) is 53.5 cm³/mol. The van der Waals surface area contributed by atoms with Crippen molar-refractivity contribution < 1.29 is 4.39 Å². The van der Waals surface area contributed by atoms with E-state index in [1.165, 1.54) is 11.0 Å². The van der Waals surface area contributed by atoms with Gasteiger partial charge in [0, 0.05) is 6.92 Å². The van der Waals surface area contributed by atoms with Gasteiger partial charge in [0.15, 0.2) is 5.82 Å². The van der Waals surface area contributed by atoms with Crippen LogP contribution in [-0.4, -0.2) is 14.8 Å². The van der Waals surface area contributed by atoms with E-state index in [9.17, 15) is 4.39 Å². The van der Waals surface area contributed by atoms with Crippen LogP contribution in [0.4, 0.5) is 4.39 Å². The fraction of sp³-hybridized carbons (Fsp3) is 0. The van der Waals surface area contributed by atoms with Crippen molar-refractivity contribution in [3.05, 3.63) is 47.6 Å². The molecular formula is C9H6BrFN3. The highest BCUT2D eigenvalue weighted by Gasteiger charge is 2.10. The summed E-state index contributed by atoms with van der Waals surface area (Å²) >= 11 is 3.10. The van der Waals surface area contributed by atoms with Crippen molar-refractivity contribution in [3.8, 4) is 5.69 Å². The van der Waals surface area contributed by atoms with Crippen molar-refractivity contribution in [2.45, 2.75) is 0 Å². The summed E-state index contributed by atoms with van der Waals surface area (Å²) < 4.78 is 15.3. The molecule has 5 heteroatoms. The molecule has 2 aromatic rings. The molecule has 0 saturated carbocycles. The van der Waals surface area contributed by atoms with Gasteiger partial charge in [0.2, 0.25) is 0 Å². The molecule has 2 rings (SSSR count). The monoisotopic (exact) mass is 254 g/mol. The van der Waals surface area contributed by atoms with E-state index in [1.54, 1.807) is 18.2 Å². The summed E-state index contributed by atoms with van der Waals surface area (Å²) in [6.07, 6.45) is 1.34. The van der Waals surface area contributed by atoms with E-state index in [0.717, 1.165) is 0 Å². The van der Waals surface area contributed by atoms with Crippen molar-refractivity contribution in [3.63, 3.8) is 0 Å². The van der Waals surface area contributed by atoms with E-state index in [2.05, 4.69) is 32.9 Å². The first-order valence-electron chi connectivity index (χ1n) is 3.86. The molecule has 0 atom stereocenters. The molecule has 0 fully saturated rings. The average Bonchev–Trinajstić information content (AvgIpc) is 2.57. The van der Waals surface area contributed by atoms with Gasteiger partial charge < -0.3 is 0 Å². The maximum atomic E-state index is 13.6. The topological polar surface area (TPSA) is 30.7 Å². The molecule has 1 radical (unpaired) electrons. The van der Waals surface area contributed by atoms with Crippen LogP contribution >= 0.6 is 15.9 Å². The summed E-state index contributed by atoms with van der Waals surface area (Å²) in [5.41, 5.74) is 0.335. The predicted octanol–water partition coefficient (Wildman–Crippen LogP) is 2.35. The summed E-state index contributed by atoms with van der Waals surface area (Å²) in [4.78, 5) is 3.82. The lowest BCUT2D eigenvalue weighted by atomic mass is 10.3. The summed E-state index contributed by atoms with van der Waals surface area (Å²) in [5.74, 6) is 0.0323. The summed E-state index contributed by atoms with van der Waals surface area (Å²) in [6.45, 7) is 3.64. The second-order valence-corrected chi connectivity index (χ2v) is 3.52. The number of nitrogens with zero attached hydrogens (tertiary/aromatic N) is 3. The second-order valence-electron chi connectivity index (χ2n) is 2.66. The van der Waals surface area contributed by atoms with E-state index >= 15 is 0 Å². The van der Waals surface area contributed by atoms with E-state index in [0.29, 0.717) is 16.0 Å². The van der Waals surface area contributed by atoms with Crippen LogP contribution in [0.15, 0.2) is 29.0 Å². The lowest BCUT2D eigenvalue weighted by molar-refractivity contribution is 0.603. The van der Waals surface area contributed by atoms with E-state index in [1.807, 2.05) is 0 Å². The Morgan fingerprint density at radius 3 is 2.86 bits per heavy atom. The van der Waals surface area contributed by atoms with Crippen LogP contribution in [0.5, 0.6) is 0 Å². The van der Waals surface area contributed by atoms with Gasteiger partial charge in [-0.05, 0) is 28.1 Å². The third-order valence-corrected chi connectivity index (χ3v) is 2.39. The van der Waals surface area contributed by atoms with E-state index < -0.39 is 0 Å². The highest BCUT2D eigenvalue weighted by atomic mass is 79.9. The lowest BCUT2D eigenvalue weighted by Crippen LogP contribution is -2.02. The maximum absolute atomic E-state index is 13.6. The normalized spacial score (nSPS) is 10.5. The Kier molecular flexibility index (Phi) is 2.33. The van der Waals surface area contributed by atoms with Crippen molar-refractivity contribution in [1.29, 1.82) is 0 Å². The molecule has 0 aliphatic rings. The fourth-order valence-electron chi connectivity index (χ4n) is 1.12. The van der Waals surface area contributed by atoms with Crippen LogP contribution in [0.25, 0.3) is 5.69 Å². The molecule has 0 saturated heterocycles. The first-order chi connectivity index (χ1) is 6.70. The highest BCUT2D eigenvalue weighted by molar-refractivity contribution is 9.10. The molecule has 0 aliphatic heterocycles. The van der Waals surface area contributed by atoms with Crippen molar-refractivity contribution in [2.75, 3.05) is 0 Å². The molecule has 1 aromatic heterocycles. The Labute approximate surface area is 88.7 Å². The Balaban J connectivity index is 2.63. The second kappa shape index (κ2) is 3.49. The standard InChI is InChI=1S/C9H6BrFN3/c1-6-12-5-13-14(6)8-4-2-3-7(10)9(8)11/h2-5H,1H2. The molecule has 3 nitrogen and oxygen atoms in total. The minimum absolute atomic E-state index is 0.335. The van der Waals surface area contributed by atoms with Gasteiger partial charge in [0.25, 0.3) is 0 Å². The van der Waals surface area contributed by atoms with Gasteiger partial charge in [0.1, 0.15) is 17.8 Å². The molecule has 0 spiro atoms. The third kappa shape index (κ3) is 1.43. The van der Waals surface area contributed by atoms with Crippen LogP contribution in [0.1, 0.15) is 5.82 Å². The zero-order chi connectivity index (χ0) is 10.1. The summed E-state index contributed by atoms with van der Waals surface area (Å²) in [5, 5.41) is 3.87. The summed E-state index contributed by atoms with van der Waals surface area (Å²) in [7, 11) is 0. The molecule has 0 unspecified atom stereocenters. The molecule has 71 valence electrons. The number of rotatable bonds is 1. The van der Waals surface area contributed by atoms with Crippen LogP contribution in [-0.2, 0) is 0 Å². The highest BCUT2D eigenvalue weighted by Crippen LogP contribution is 2.21. The molecule has 14 heavy (non-hydrogen) atoms. The van der Waals surface area contributed by atoms with E-state index in [-0.39, 0.29) is 5.82 Å². The Morgan fingerprint density at radius 1 is 1.43 bits per heavy atom. The molecular weight excluding hydrogens is 249 g/mol. The van der Waals surface area contributed by atoms with Crippen molar-refractivity contribution in [1.82, 2.24) is 14.8 Å². The lowest BCUT2D eigenvalue weighted by Gasteiger charge is -2.04. The number of hydrogen-bond acceptors (Lipinski definition) is 2. The van der Waals surface area contributed by atoms with Gasteiger partial charge in [-0.3, -0.25) is 0 Å². The zero-order valence-corrected chi connectivity index (χ0v) is 8.70. The largest absolute Gasteiger partial charge is 0.220 e.